The van der Waals surface area contributed by atoms with Crippen LogP contribution in [-0.2, 0) is 6.42 Å². The lowest BCUT2D eigenvalue weighted by molar-refractivity contribution is -0.155. The van der Waals surface area contributed by atoms with Crippen molar-refractivity contribution in [1.82, 2.24) is 9.88 Å². The van der Waals surface area contributed by atoms with Crippen molar-refractivity contribution >= 4 is 11.8 Å². The van der Waals surface area contributed by atoms with Crippen LogP contribution >= 0.6 is 0 Å². The van der Waals surface area contributed by atoms with Crippen molar-refractivity contribution in [3.63, 3.8) is 0 Å². The molecule has 1 N–H and O–H groups in total. The molecule has 0 aliphatic carbocycles. The molecule has 2 atom stereocenters. The summed E-state index contributed by atoms with van der Waals surface area (Å²) in [6, 6.07) is 6.71. The number of hydrogen-bond donors (Lipinski definition) is 1. The molecule has 0 fully saturated rings. The van der Waals surface area contributed by atoms with Gasteiger partial charge in [-0.1, -0.05) is 24.8 Å². The average molecular weight is 375 g/mol. The lowest BCUT2D eigenvalue weighted by Crippen LogP contribution is -2.47. The summed E-state index contributed by atoms with van der Waals surface area (Å²) >= 11 is 0. The van der Waals surface area contributed by atoms with E-state index in [9.17, 15) is 13.2 Å². The maximum atomic E-state index is 13.3. The molecule has 27 heavy (non-hydrogen) atoms. The smallest absolute Gasteiger partial charge is 0.388 e. The van der Waals surface area contributed by atoms with Gasteiger partial charge in [-0.15, -0.1) is 0 Å². The molecule has 0 radical (unpaired) electrons. The van der Waals surface area contributed by atoms with Crippen LogP contribution in [0.4, 0.5) is 18.9 Å². The quantitative estimate of drug-likeness (QED) is 0.818. The lowest BCUT2D eigenvalue weighted by Gasteiger charge is -2.42. The van der Waals surface area contributed by atoms with Crippen molar-refractivity contribution < 1.29 is 13.2 Å². The third-order valence-electron chi connectivity index (χ3n) is 5.13. The Kier molecular flexibility index (Phi) is 5.29. The molecule has 0 amide bonds. The number of aryl methyl sites for hydroxylation is 1. The second-order valence-electron chi connectivity index (χ2n) is 7.05. The summed E-state index contributed by atoms with van der Waals surface area (Å²) in [6.07, 6.45) is -0.265. The molecule has 3 nitrogen and oxygen atoms in total. The number of rotatable bonds is 4. The summed E-state index contributed by atoms with van der Waals surface area (Å²) in [4.78, 5) is 5.97. The second kappa shape index (κ2) is 7.35. The minimum absolute atomic E-state index is 0.280. The summed E-state index contributed by atoms with van der Waals surface area (Å²) < 4.78 is 40.0. The first-order valence-corrected chi connectivity index (χ1v) is 8.96. The molecule has 6 heteroatoms. The Balaban J connectivity index is 2.20. The van der Waals surface area contributed by atoms with E-state index in [2.05, 4.69) is 16.9 Å². The number of aromatic nitrogens is 1. The fourth-order valence-electron chi connectivity index (χ4n) is 3.89. The predicted molar refractivity (Wildman–Crippen MR) is 103 cm³/mol. The summed E-state index contributed by atoms with van der Waals surface area (Å²) in [7, 11) is 1.83. The number of alkyl halides is 3. The summed E-state index contributed by atoms with van der Waals surface area (Å²) in [5.41, 5.74) is 5.38. The van der Waals surface area contributed by atoms with Crippen LogP contribution < -0.4 is 5.32 Å². The van der Waals surface area contributed by atoms with Crippen LogP contribution in [0.5, 0.6) is 0 Å². The zero-order valence-corrected chi connectivity index (χ0v) is 15.8. The molecular weight excluding hydrogens is 351 g/mol. The van der Waals surface area contributed by atoms with Crippen LogP contribution in [0.25, 0.3) is 6.08 Å². The van der Waals surface area contributed by atoms with E-state index in [0.717, 1.165) is 27.9 Å². The first-order chi connectivity index (χ1) is 12.7. The zero-order chi connectivity index (χ0) is 19.8. The number of hydrogen-bond acceptors (Lipinski definition) is 3. The van der Waals surface area contributed by atoms with E-state index < -0.39 is 18.8 Å². The van der Waals surface area contributed by atoms with Gasteiger partial charge in [-0.3, -0.25) is 9.88 Å². The van der Waals surface area contributed by atoms with E-state index in [-0.39, 0.29) is 6.04 Å². The number of nitrogens with zero attached hydrogens (tertiary/aromatic N) is 2. The summed E-state index contributed by atoms with van der Waals surface area (Å²) in [6.45, 7) is 6.70. The van der Waals surface area contributed by atoms with Gasteiger partial charge in [0.25, 0.3) is 0 Å². The third kappa shape index (κ3) is 3.86. The van der Waals surface area contributed by atoms with Gasteiger partial charge in [-0.05, 0) is 49.1 Å². The van der Waals surface area contributed by atoms with Gasteiger partial charge >= 0.3 is 6.18 Å². The van der Waals surface area contributed by atoms with Crippen LogP contribution in [0.2, 0.25) is 0 Å². The topological polar surface area (TPSA) is 28.2 Å². The number of fused-ring (bicyclic) bond motifs is 1. The molecule has 2 aromatic rings. The van der Waals surface area contributed by atoms with Gasteiger partial charge in [0.2, 0.25) is 0 Å². The van der Waals surface area contributed by atoms with Gasteiger partial charge < -0.3 is 5.32 Å². The molecule has 2 heterocycles. The van der Waals surface area contributed by atoms with Gasteiger partial charge in [0.15, 0.2) is 0 Å². The maximum absolute atomic E-state index is 13.3. The Labute approximate surface area is 157 Å². The van der Waals surface area contributed by atoms with Crippen LogP contribution in [-0.4, -0.2) is 35.7 Å². The van der Waals surface area contributed by atoms with Crippen molar-refractivity contribution in [2.24, 2.45) is 0 Å². The molecule has 0 saturated heterocycles. The first kappa shape index (κ1) is 19.4. The Hall–Kier alpha value is -2.34. The highest BCUT2D eigenvalue weighted by Gasteiger charge is 2.41. The number of benzene rings is 1. The molecule has 144 valence electrons. The standard InChI is InChI=1S/C21H24F3N3/c1-5-15-17-10-14(3)27(12-21(22,23)24)20(16(17)7-9-18(15)25-4)19-8-6-13(2)11-26-19/h5-9,11,14,20,25H,1,10,12H2,2-4H3/t14?,20-/m0/s1. The summed E-state index contributed by atoms with van der Waals surface area (Å²) in [5.74, 6) is 0. The maximum Gasteiger partial charge on any atom is 0.401 e. The normalized spacial score (nSPS) is 20.2. The molecule has 1 aliphatic heterocycles. The highest BCUT2D eigenvalue weighted by Crippen LogP contribution is 2.42. The molecule has 1 aliphatic rings. The Morgan fingerprint density at radius 3 is 2.59 bits per heavy atom. The average Bonchev–Trinajstić information content (AvgIpc) is 2.61. The fraction of sp³-hybridized carbons (Fsp3) is 0.381. The minimum atomic E-state index is -4.28. The van der Waals surface area contributed by atoms with E-state index >= 15 is 0 Å². The molecule has 0 bridgehead atoms. The Morgan fingerprint density at radius 2 is 2.04 bits per heavy atom. The third-order valence-corrected chi connectivity index (χ3v) is 5.13. The fourth-order valence-corrected chi connectivity index (χ4v) is 3.89. The highest BCUT2D eigenvalue weighted by molar-refractivity contribution is 5.71. The van der Waals surface area contributed by atoms with Crippen LogP contribution in [0.1, 0.15) is 40.9 Å². The monoisotopic (exact) mass is 375 g/mol. The molecular formula is C21H24F3N3. The van der Waals surface area contributed by atoms with Crippen molar-refractivity contribution in [2.45, 2.75) is 38.5 Å². The van der Waals surface area contributed by atoms with Crippen LogP contribution in [0, 0.1) is 6.92 Å². The largest absolute Gasteiger partial charge is 0.401 e. The van der Waals surface area contributed by atoms with Gasteiger partial charge in [0.05, 0.1) is 18.3 Å². The Morgan fingerprint density at radius 1 is 1.30 bits per heavy atom. The number of anilines is 1. The molecule has 0 spiro atoms. The van der Waals surface area contributed by atoms with Crippen molar-refractivity contribution in [2.75, 3.05) is 18.9 Å². The molecule has 1 aromatic carbocycles. The molecule has 1 aromatic heterocycles. The van der Waals surface area contributed by atoms with E-state index in [4.69, 9.17) is 0 Å². The van der Waals surface area contributed by atoms with E-state index in [0.29, 0.717) is 12.1 Å². The first-order valence-electron chi connectivity index (χ1n) is 8.96. The molecule has 0 saturated carbocycles. The van der Waals surface area contributed by atoms with Crippen LogP contribution in [0.15, 0.2) is 37.0 Å². The second-order valence-corrected chi connectivity index (χ2v) is 7.05. The highest BCUT2D eigenvalue weighted by atomic mass is 19.4. The van der Waals surface area contributed by atoms with E-state index in [1.807, 2.05) is 45.2 Å². The number of pyridine rings is 1. The van der Waals surface area contributed by atoms with Gasteiger partial charge in [0, 0.05) is 30.5 Å². The van der Waals surface area contributed by atoms with Crippen molar-refractivity contribution in [1.29, 1.82) is 0 Å². The minimum Gasteiger partial charge on any atom is -0.388 e. The Bertz CT molecular complexity index is 828. The number of nitrogens with one attached hydrogen (secondary N) is 1. The zero-order valence-electron chi connectivity index (χ0n) is 15.8. The van der Waals surface area contributed by atoms with Gasteiger partial charge in [-0.25, -0.2) is 0 Å². The van der Waals surface area contributed by atoms with E-state index in [1.54, 1.807) is 12.3 Å². The van der Waals surface area contributed by atoms with Gasteiger partial charge in [-0.2, -0.15) is 13.2 Å². The molecule has 1 unspecified atom stereocenters. The summed E-state index contributed by atoms with van der Waals surface area (Å²) in [5, 5.41) is 3.14. The SMILES string of the molecule is C=Cc1c(NC)ccc2c1CC(C)N(CC(F)(F)F)[C@@H]2c1ccc(C)cn1. The number of halogens is 3. The van der Waals surface area contributed by atoms with Crippen molar-refractivity contribution in [3.05, 3.63) is 65.0 Å². The van der Waals surface area contributed by atoms with Gasteiger partial charge in [0.1, 0.15) is 0 Å². The van der Waals surface area contributed by atoms with Crippen molar-refractivity contribution in [3.8, 4) is 0 Å². The molecule has 3 rings (SSSR count). The van der Waals surface area contributed by atoms with Crippen LogP contribution in [0.3, 0.4) is 0 Å². The predicted octanol–water partition coefficient (Wildman–Crippen LogP) is 4.97. The van der Waals surface area contributed by atoms with E-state index in [1.165, 1.54) is 4.90 Å². The lowest BCUT2D eigenvalue weighted by atomic mass is 9.83.